The van der Waals surface area contributed by atoms with Crippen LogP contribution in [0.2, 0.25) is 0 Å². The van der Waals surface area contributed by atoms with E-state index in [1.807, 2.05) is 0 Å². The minimum absolute atomic E-state index is 0.0244. The monoisotopic (exact) mass is 228 g/mol. The number of ether oxygens (including phenoxy) is 1. The summed E-state index contributed by atoms with van der Waals surface area (Å²) in [5.41, 5.74) is 5.77. The Morgan fingerprint density at radius 2 is 2.25 bits per heavy atom. The van der Waals surface area contributed by atoms with Crippen LogP contribution in [0.25, 0.3) is 0 Å². The van der Waals surface area contributed by atoms with Crippen molar-refractivity contribution in [2.75, 3.05) is 20.3 Å². The Bertz CT molecular complexity index is 217. The third-order valence-electron chi connectivity index (χ3n) is 3.23. The number of carbonyl (C=O) groups excluding carboxylic acids is 1. The molecular formula is C12H24N2O2. The largest absolute Gasteiger partial charge is 0.385 e. The molecule has 1 aliphatic rings. The molecule has 2 atom stereocenters. The second kappa shape index (κ2) is 6.86. The lowest BCUT2D eigenvalue weighted by Crippen LogP contribution is -2.42. The van der Waals surface area contributed by atoms with Crippen LogP contribution in [0.1, 0.15) is 32.6 Å². The molecule has 0 aromatic carbocycles. The second-order valence-corrected chi connectivity index (χ2v) is 4.80. The van der Waals surface area contributed by atoms with Crippen molar-refractivity contribution < 1.29 is 9.53 Å². The van der Waals surface area contributed by atoms with Crippen LogP contribution in [-0.2, 0) is 9.53 Å². The topological polar surface area (TPSA) is 64.3 Å². The Hall–Kier alpha value is -0.610. The lowest BCUT2D eigenvalue weighted by atomic mass is 10.1. The zero-order valence-corrected chi connectivity index (χ0v) is 10.4. The van der Waals surface area contributed by atoms with Gasteiger partial charge in [-0.05, 0) is 37.5 Å². The van der Waals surface area contributed by atoms with E-state index >= 15 is 0 Å². The average Bonchev–Trinajstić information content (AvgIpc) is 3.09. The van der Waals surface area contributed by atoms with Gasteiger partial charge in [-0.25, -0.2) is 0 Å². The quantitative estimate of drug-likeness (QED) is 0.607. The molecule has 1 rings (SSSR count). The number of hydrogen-bond acceptors (Lipinski definition) is 3. The van der Waals surface area contributed by atoms with Crippen LogP contribution in [0.15, 0.2) is 0 Å². The molecule has 0 aliphatic heterocycles. The van der Waals surface area contributed by atoms with E-state index in [1.165, 1.54) is 12.8 Å². The van der Waals surface area contributed by atoms with Crippen molar-refractivity contribution in [3.8, 4) is 0 Å². The van der Waals surface area contributed by atoms with Gasteiger partial charge < -0.3 is 15.8 Å². The third-order valence-corrected chi connectivity index (χ3v) is 3.23. The van der Waals surface area contributed by atoms with Crippen molar-refractivity contribution in [3.63, 3.8) is 0 Å². The standard InChI is InChI=1S/C12H24N2O2/c1-9(10-5-6-10)8-14-12(15)11(13)4-3-7-16-2/h9-11H,3-8,13H2,1-2H3,(H,14,15). The number of amides is 1. The van der Waals surface area contributed by atoms with Gasteiger partial charge in [0.25, 0.3) is 0 Å². The fourth-order valence-corrected chi connectivity index (χ4v) is 1.80. The summed E-state index contributed by atoms with van der Waals surface area (Å²) in [4.78, 5) is 11.6. The first-order valence-electron chi connectivity index (χ1n) is 6.17. The molecule has 1 fully saturated rings. The third kappa shape index (κ3) is 4.94. The predicted molar refractivity (Wildman–Crippen MR) is 64.0 cm³/mol. The Balaban J connectivity index is 2.07. The highest BCUT2D eigenvalue weighted by molar-refractivity contribution is 5.81. The van der Waals surface area contributed by atoms with Crippen LogP contribution in [0, 0.1) is 11.8 Å². The van der Waals surface area contributed by atoms with Gasteiger partial charge in [-0.1, -0.05) is 6.92 Å². The highest BCUT2D eigenvalue weighted by Crippen LogP contribution is 2.35. The summed E-state index contributed by atoms with van der Waals surface area (Å²) < 4.78 is 4.92. The first kappa shape index (κ1) is 13.5. The molecule has 0 spiro atoms. The van der Waals surface area contributed by atoms with Gasteiger partial charge >= 0.3 is 0 Å². The molecule has 0 aromatic heterocycles. The second-order valence-electron chi connectivity index (χ2n) is 4.80. The molecule has 1 amide bonds. The van der Waals surface area contributed by atoms with Crippen molar-refractivity contribution in [2.45, 2.75) is 38.6 Å². The molecule has 0 bridgehead atoms. The highest BCUT2D eigenvalue weighted by Gasteiger charge is 2.28. The molecule has 0 heterocycles. The summed E-state index contributed by atoms with van der Waals surface area (Å²) in [5.74, 6) is 1.39. The van der Waals surface area contributed by atoms with Gasteiger partial charge in [-0.3, -0.25) is 4.79 Å². The van der Waals surface area contributed by atoms with Gasteiger partial charge in [0.15, 0.2) is 0 Å². The van der Waals surface area contributed by atoms with Gasteiger partial charge in [0.05, 0.1) is 6.04 Å². The Kier molecular flexibility index (Phi) is 5.77. The summed E-state index contributed by atoms with van der Waals surface area (Å²) in [5, 5.41) is 2.93. The molecular weight excluding hydrogens is 204 g/mol. The molecule has 4 nitrogen and oxygen atoms in total. The fourth-order valence-electron chi connectivity index (χ4n) is 1.80. The summed E-state index contributed by atoms with van der Waals surface area (Å²) >= 11 is 0. The van der Waals surface area contributed by atoms with E-state index in [-0.39, 0.29) is 11.9 Å². The first-order chi connectivity index (χ1) is 7.65. The smallest absolute Gasteiger partial charge is 0.236 e. The molecule has 94 valence electrons. The maximum atomic E-state index is 11.6. The van der Waals surface area contributed by atoms with E-state index in [1.54, 1.807) is 7.11 Å². The molecule has 0 radical (unpaired) electrons. The van der Waals surface area contributed by atoms with E-state index < -0.39 is 0 Å². The van der Waals surface area contributed by atoms with Crippen molar-refractivity contribution in [3.05, 3.63) is 0 Å². The minimum Gasteiger partial charge on any atom is -0.385 e. The fraction of sp³-hybridized carbons (Fsp3) is 0.917. The van der Waals surface area contributed by atoms with E-state index in [0.717, 1.165) is 18.9 Å². The number of carbonyl (C=O) groups is 1. The molecule has 1 saturated carbocycles. The van der Waals surface area contributed by atoms with Crippen molar-refractivity contribution >= 4 is 5.91 Å². The van der Waals surface area contributed by atoms with Crippen LogP contribution in [0.3, 0.4) is 0 Å². The number of hydrogen-bond donors (Lipinski definition) is 2. The Morgan fingerprint density at radius 3 is 2.81 bits per heavy atom. The Morgan fingerprint density at radius 1 is 1.56 bits per heavy atom. The van der Waals surface area contributed by atoms with E-state index in [4.69, 9.17) is 10.5 Å². The zero-order chi connectivity index (χ0) is 12.0. The van der Waals surface area contributed by atoms with Gasteiger partial charge in [-0.15, -0.1) is 0 Å². The molecule has 2 unspecified atom stereocenters. The van der Waals surface area contributed by atoms with E-state index in [9.17, 15) is 4.79 Å². The van der Waals surface area contributed by atoms with Crippen molar-refractivity contribution in [2.24, 2.45) is 17.6 Å². The molecule has 4 heteroatoms. The van der Waals surface area contributed by atoms with Crippen molar-refractivity contribution in [1.29, 1.82) is 0 Å². The van der Waals surface area contributed by atoms with Crippen LogP contribution in [-0.4, -0.2) is 32.2 Å². The lowest BCUT2D eigenvalue weighted by Gasteiger charge is -2.15. The summed E-state index contributed by atoms with van der Waals surface area (Å²) in [7, 11) is 1.66. The van der Waals surface area contributed by atoms with Crippen LogP contribution in [0.4, 0.5) is 0 Å². The zero-order valence-electron chi connectivity index (χ0n) is 10.4. The lowest BCUT2D eigenvalue weighted by molar-refractivity contribution is -0.122. The van der Waals surface area contributed by atoms with E-state index in [0.29, 0.717) is 18.9 Å². The maximum Gasteiger partial charge on any atom is 0.236 e. The molecule has 0 saturated heterocycles. The van der Waals surface area contributed by atoms with Crippen molar-refractivity contribution in [1.82, 2.24) is 5.32 Å². The molecule has 1 aliphatic carbocycles. The number of nitrogens with one attached hydrogen (secondary N) is 1. The first-order valence-corrected chi connectivity index (χ1v) is 6.17. The summed E-state index contributed by atoms with van der Waals surface area (Å²) in [6.45, 7) is 3.62. The Labute approximate surface area is 97.9 Å². The van der Waals surface area contributed by atoms with Crippen LogP contribution >= 0.6 is 0 Å². The van der Waals surface area contributed by atoms with Gasteiger partial charge in [0.1, 0.15) is 0 Å². The number of nitrogens with two attached hydrogens (primary N) is 1. The average molecular weight is 228 g/mol. The minimum atomic E-state index is -0.387. The SMILES string of the molecule is COCCCC(N)C(=O)NCC(C)C1CC1. The van der Waals surface area contributed by atoms with Gasteiger partial charge in [-0.2, -0.15) is 0 Å². The molecule has 3 N–H and O–H groups in total. The number of methoxy groups -OCH3 is 1. The van der Waals surface area contributed by atoms with Crippen LogP contribution < -0.4 is 11.1 Å². The molecule has 0 aromatic rings. The molecule has 16 heavy (non-hydrogen) atoms. The van der Waals surface area contributed by atoms with Gasteiger partial charge in [0, 0.05) is 20.3 Å². The van der Waals surface area contributed by atoms with Crippen LogP contribution in [0.5, 0.6) is 0 Å². The highest BCUT2D eigenvalue weighted by atomic mass is 16.5. The number of rotatable bonds is 8. The maximum absolute atomic E-state index is 11.6. The van der Waals surface area contributed by atoms with E-state index in [2.05, 4.69) is 12.2 Å². The van der Waals surface area contributed by atoms with Gasteiger partial charge in [0.2, 0.25) is 5.91 Å². The predicted octanol–water partition coefficient (Wildman–Crippen LogP) is 0.903. The summed E-state index contributed by atoms with van der Waals surface area (Å²) in [6.07, 6.45) is 4.16. The normalized spacial score (nSPS) is 19.2. The summed E-state index contributed by atoms with van der Waals surface area (Å²) in [6, 6.07) is -0.387.